The third kappa shape index (κ3) is 2.09. The third-order valence-electron chi connectivity index (χ3n) is 3.22. The molecule has 0 bridgehead atoms. The molecular formula is C12H11ClN4O2. The molecule has 1 aromatic carbocycles. The van der Waals surface area contributed by atoms with E-state index in [0.29, 0.717) is 22.8 Å². The highest BCUT2D eigenvalue weighted by molar-refractivity contribution is 6.33. The van der Waals surface area contributed by atoms with E-state index in [1.165, 1.54) is 18.2 Å². The van der Waals surface area contributed by atoms with Gasteiger partial charge in [0.1, 0.15) is 0 Å². The second-order valence-corrected chi connectivity index (χ2v) is 4.78. The predicted molar refractivity (Wildman–Crippen MR) is 71.1 cm³/mol. The summed E-state index contributed by atoms with van der Waals surface area (Å²) in [4.78, 5) is 10.4. The molecule has 0 radical (unpaired) electrons. The summed E-state index contributed by atoms with van der Waals surface area (Å²) in [6.07, 6.45) is 0.870. The quantitative estimate of drug-likeness (QED) is 0.652. The van der Waals surface area contributed by atoms with E-state index in [9.17, 15) is 10.1 Å². The lowest BCUT2D eigenvalue weighted by Crippen LogP contribution is -2.23. The molecule has 1 aromatic heterocycles. The van der Waals surface area contributed by atoms with Crippen molar-refractivity contribution in [3.63, 3.8) is 0 Å². The number of aromatic nitrogens is 2. The van der Waals surface area contributed by atoms with Gasteiger partial charge in [-0.15, -0.1) is 0 Å². The summed E-state index contributed by atoms with van der Waals surface area (Å²) in [6.45, 7) is 1.59. The Hall–Kier alpha value is -1.92. The first kappa shape index (κ1) is 12.1. The SMILES string of the molecule is O=[N+]([O-])c1ccc(Cl)c(-c2n[nH]c3c2CNCC3)c1. The zero-order chi connectivity index (χ0) is 13.4. The van der Waals surface area contributed by atoms with E-state index in [1.54, 1.807) is 0 Å². The van der Waals surface area contributed by atoms with Gasteiger partial charge in [0.25, 0.3) is 5.69 Å². The molecule has 0 unspecified atom stereocenters. The predicted octanol–water partition coefficient (Wildman–Crippen LogP) is 2.28. The molecular weight excluding hydrogens is 268 g/mol. The second kappa shape index (κ2) is 4.64. The minimum Gasteiger partial charge on any atom is -0.312 e. The summed E-state index contributed by atoms with van der Waals surface area (Å²) in [5.41, 5.74) is 3.40. The maximum absolute atomic E-state index is 10.8. The first-order chi connectivity index (χ1) is 9.16. The fourth-order valence-electron chi connectivity index (χ4n) is 2.26. The van der Waals surface area contributed by atoms with Gasteiger partial charge in [-0.25, -0.2) is 0 Å². The van der Waals surface area contributed by atoms with Crippen molar-refractivity contribution in [1.29, 1.82) is 0 Å². The highest BCUT2D eigenvalue weighted by Gasteiger charge is 2.21. The normalized spacial score (nSPS) is 14.2. The topological polar surface area (TPSA) is 83.8 Å². The molecule has 1 aliphatic heterocycles. The summed E-state index contributed by atoms with van der Waals surface area (Å²) < 4.78 is 0. The average Bonchev–Trinajstić information content (AvgIpc) is 2.83. The minimum absolute atomic E-state index is 0.0138. The Balaban J connectivity index is 2.13. The molecule has 2 heterocycles. The van der Waals surface area contributed by atoms with Crippen LogP contribution in [0.25, 0.3) is 11.3 Å². The highest BCUT2D eigenvalue weighted by atomic mass is 35.5. The van der Waals surface area contributed by atoms with Crippen molar-refractivity contribution in [1.82, 2.24) is 15.5 Å². The average molecular weight is 279 g/mol. The Morgan fingerprint density at radius 2 is 2.26 bits per heavy atom. The Labute approximate surface area is 113 Å². The van der Waals surface area contributed by atoms with Gasteiger partial charge >= 0.3 is 0 Å². The lowest BCUT2D eigenvalue weighted by Gasteiger charge is -2.13. The van der Waals surface area contributed by atoms with Gasteiger partial charge in [-0.1, -0.05) is 11.6 Å². The van der Waals surface area contributed by atoms with Crippen LogP contribution in [0.4, 0.5) is 5.69 Å². The van der Waals surface area contributed by atoms with Crippen LogP contribution in [-0.4, -0.2) is 21.7 Å². The van der Waals surface area contributed by atoms with E-state index in [-0.39, 0.29) is 5.69 Å². The molecule has 1 aliphatic rings. The summed E-state index contributed by atoms with van der Waals surface area (Å²) >= 11 is 6.14. The van der Waals surface area contributed by atoms with Crippen LogP contribution >= 0.6 is 11.6 Å². The number of benzene rings is 1. The van der Waals surface area contributed by atoms with E-state index in [4.69, 9.17) is 11.6 Å². The van der Waals surface area contributed by atoms with Crippen molar-refractivity contribution >= 4 is 17.3 Å². The van der Waals surface area contributed by atoms with Gasteiger partial charge in [0, 0.05) is 48.5 Å². The zero-order valence-corrected chi connectivity index (χ0v) is 10.7. The molecule has 0 fully saturated rings. The van der Waals surface area contributed by atoms with E-state index < -0.39 is 4.92 Å². The van der Waals surface area contributed by atoms with Gasteiger partial charge < -0.3 is 5.32 Å². The van der Waals surface area contributed by atoms with Gasteiger partial charge in [-0.2, -0.15) is 5.10 Å². The number of aromatic amines is 1. The summed E-state index contributed by atoms with van der Waals surface area (Å²) in [6, 6.07) is 4.39. The van der Waals surface area contributed by atoms with Gasteiger partial charge in [0.2, 0.25) is 0 Å². The minimum atomic E-state index is -0.433. The van der Waals surface area contributed by atoms with Crippen LogP contribution in [0.15, 0.2) is 18.2 Å². The molecule has 19 heavy (non-hydrogen) atoms. The van der Waals surface area contributed by atoms with Crippen molar-refractivity contribution in [3.05, 3.63) is 44.6 Å². The van der Waals surface area contributed by atoms with Crippen LogP contribution in [0, 0.1) is 10.1 Å². The number of nitrogens with zero attached hydrogens (tertiary/aromatic N) is 2. The summed E-state index contributed by atoms with van der Waals surface area (Å²) in [7, 11) is 0. The van der Waals surface area contributed by atoms with Gasteiger partial charge in [0.05, 0.1) is 15.6 Å². The molecule has 2 N–H and O–H groups in total. The van der Waals surface area contributed by atoms with E-state index in [2.05, 4.69) is 15.5 Å². The Kier molecular flexibility index (Phi) is 2.96. The molecule has 3 rings (SSSR count). The number of fused-ring (bicyclic) bond motifs is 1. The van der Waals surface area contributed by atoms with E-state index >= 15 is 0 Å². The van der Waals surface area contributed by atoms with Gasteiger partial charge in [-0.05, 0) is 6.07 Å². The molecule has 2 aromatic rings. The van der Waals surface area contributed by atoms with Crippen molar-refractivity contribution in [2.45, 2.75) is 13.0 Å². The smallest absolute Gasteiger partial charge is 0.270 e. The lowest BCUT2D eigenvalue weighted by atomic mass is 10.0. The Morgan fingerprint density at radius 3 is 3.05 bits per heavy atom. The molecule has 0 saturated carbocycles. The summed E-state index contributed by atoms with van der Waals surface area (Å²) in [5, 5.41) is 21.8. The number of rotatable bonds is 2. The maximum atomic E-state index is 10.8. The molecule has 98 valence electrons. The number of non-ortho nitro benzene ring substituents is 1. The second-order valence-electron chi connectivity index (χ2n) is 4.38. The highest BCUT2D eigenvalue weighted by Crippen LogP contribution is 2.33. The number of halogens is 1. The Bertz CT molecular complexity index is 653. The zero-order valence-electron chi connectivity index (χ0n) is 9.94. The Morgan fingerprint density at radius 1 is 1.42 bits per heavy atom. The standard InChI is InChI=1S/C12H11ClN4O2/c13-10-2-1-7(17(18)19)5-8(10)12-9-6-14-4-3-11(9)15-16-12/h1-2,5,14H,3-4,6H2,(H,15,16). The molecule has 0 saturated heterocycles. The number of H-pyrrole nitrogens is 1. The third-order valence-corrected chi connectivity index (χ3v) is 3.55. The molecule has 0 atom stereocenters. The van der Waals surface area contributed by atoms with Crippen molar-refractivity contribution in [2.24, 2.45) is 0 Å². The fourth-order valence-corrected chi connectivity index (χ4v) is 2.46. The van der Waals surface area contributed by atoms with Crippen LogP contribution in [0.3, 0.4) is 0 Å². The number of nitrogens with one attached hydrogen (secondary N) is 2. The van der Waals surface area contributed by atoms with Crippen molar-refractivity contribution in [2.75, 3.05) is 6.54 Å². The lowest BCUT2D eigenvalue weighted by molar-refractivity contribution is -0.384. The number of hydrogen-bond donors (Lipinski definition) is 2. The first-order valence-corrected chi connectivity index (χ1v) is 6.26. The van der Waals surface area contributed by atoms with Crippen molar-refractivity contribution in [3.8, 4) is 11.3 Å². The van der Waals surface area contributed by atoms with Crippen molar-refractivity contribution < 1.29 is 4.92 Å². The number of nitro benzene ring substituents is 1. The van der Waals surface area contributed by atoms with Gasteiger partial charge in [0.15, 0.2) is 0 Å². The van der Waals surface area contributed by atoms with Gasteiger partial charge in [-0.3, -0.25) is 15.2 Å². The summed E-state index contributed by atoms with van der Waals surface area (Å²) in [5.74, 6) is 0. The maximum Gasteiger partial charge on any atom is 0.270 e. The van der Waals surface area contributed by atoms with Crippen LogP contribution in [-0.2, 0) is 13.0 Å². The molecule has 0 amide bonds. The molecule has 0 spiro atoms. The van der Waals surface area contributed by atoms with Crippen LogP contribution in [0.2, 0.25) is 5.02 Å². The number of nitro groups is 1. The fraction of sp³-hybridized carbons (Fsp3) is 0.250. The largest absolute Gasteiger partial charge is 0.312 e. The molecule has 0 aliphatic carbocycles. The van der Waals surface area contributed by atoms with Crippen LogP contribution < -0.4 is 5.32 Å². The first-order valence-electron chi connectivity index (χ1n) is 5.88. The van der Waals surface area contributed by atoms with Crippen LogP contribution in [0.1, 0.15) is 11.3 Å². The van der Waals surface area contributed by atoms with Crippen LogP contribution in [0.5, 0.6) is 0 Å². The monoisotopic (exact) mass is 278 g/mol. The molecule has 7 heteroatoms. The number of hydrogen-bond acceptors (Lipinski definition) is 4. The molecule has 6 nitrogen and oxygen atoms in total. The van der Waals surface area contributed by atoms with E-state index in [1.807, 2.05) is 0 Å². The van der Waals surface area contributed by atoms with E-state index in [0.717, 1.165) is 24.2 Å².